The molecule has 16 heavy (non-hydrogen) atoms. The highest BCUT2D eigenvalue weighted by Crippen LogP contribution is 2.30. The number of nitrogens with zero attached hydrogens (tertiary/aromatic N) is 2. The molecule has 0 aromatic rings. The second-order valence-electron chi connectivity index (χ2n) is 5.15. The first kappa shape index (κ1) is 10.5. The summed E-state index contributed by atoms with van der Waals surface area (Å²) in [6.45, 7) is 8.00. The van der Waals surface area contributed by atoms with Gasteiger partial charge in [0.1, 0.15) is 0 Å². The lowest BCUT2D eigenvalue weighted by atomic mass is 9.84. The van der Waals surface area contributed by atoms with Gasteiger partial charge in [0.05, 0.1) is 24.8 Å². The number of ether oxygens (including phenoxy) is 1. The minimum Gasteiger partial charge on any atom is -0.378 e. The molecule has 1 unspecified atom stereocenters. The number of hydrogen-bond donors (Lipinski definition) is 1. The fraction of sp³-hybridized carbons (Fsp3) is 0.909. The summed E-state index contributed by atoms with van der Waals surface area (Å²) >= 11 is 0. The van der Waals surface area contributed by atoms with Crippen LogP contribution in [0.2, 0.25) is 0 Å². The molecule has 5 heteroatoms. The van der Waals surface area contributed by atoms with Crippen molar-refractivity contribution >= 4 is 5.91 Å². The van der Waals surface area contributed by atoms with Gasteiger partial charge >= 0.3 is 0 Å². The van der Waals surface area contributed by atoms with Crippen LogP contribution in [-0.2, 0) is 9.53 Å². The number of rotatable bonds is 0. The highest BCUT2D eigenvalue weighted by atomic mass is 16.5. The standard InChI is InChI=1S/C11H19N3O2/c1-9(15)13-4-10-5-16-3-2-14(10)11(8-13)6-12-7-11/h10,12H,2-8H2,1H3. The third-order valence-corrected chi connectivity index (χ3v) is 4.11. The van der Waals surface area contributed by atoms with Crippen molar-refractivity contribution in [3.63, 3.8) is 0 Å². The normalized spacial score (nSPS) is 33.3. The monoisotopic (exact) mass is 225 g/mol. The van der Waals surface area contributed by atoms with E-state index >= 15 is 0 Å². The van der Waals surface area contributed by atoms with E-state index < -0.39 is 0 Å². The number of morpholine rings is 1. The lowest BCUT2D eigenvalue weighted by Crippen LogP contribution is -2.80. The van der Waals surface area contributed by atoms with Crippen molar-refractivity contribution in [1.29, 1.82) is 0 Å². The topological polar surface area (TPSA) is 44.8 Å². The van der Waals surface area contributed by atoms with Gasteiger partial charge in [-0.3, -0.25) is 9.69 Å². The summed E-state index contributed by atoms with van der Waals surface area (Å²) in [5.41, 5.74) is 0.193. The van der Waals surface area contributed by atoms with Gasteiger partial charge in [-0.15, -0.1) is 0 Å². The van der Waals surface area contributed by atoms with Gasteiger partial charge in [0.2, 0.25) is 5.91 Å². The van der Waals surface area contributed by atoms with E-state index in [2.05, 4.69) is 10.2 Å². The van der Waals surface area contributed by atoms with Crippen LogP contribution in [0.15, 0.2) is 0 Å². The predicted molar refractivity (Wildman–Crippen MR) is 59.2 cm³/mol. The Bertz CT molecular complexity index is 304. The Kier molecular flexibility index (Phi) is 2.42. The molecule has 0 aliphatic carbocycles. The van der Waals surface area contributed by atoms with Crippen molar-refractivity contribution in [2.75, 3.05) is 45.9 Å². The summed E-state index contributed by atoms with van der Waals surface area (Å²) in [7, 11) is 0. The van der Waals surface area contributed by atoms with Crippen molar-refractivity contribution < 1.29 is 9.53 Å². The van der Waals surface area contributed by atoms with Gasteiger partial charge in [0, 0.05) is 39.6 Å². The van der Waals surface area contributed by atoms with Gasteiger partial charge in [0.25, 0.3) is 0 Å². The molecular formula is C11H19N3O2. The zero-order valence-electron chi connectivity index (χ0n) is 9.74. The molecule has 3 heterocycles. The van der Waals surface area contributed by atoms with Crippen LogP contribution in [0.3, 0.4) is 0 Å². The number of amides is 1. The molecule has 0 saturated carbocycles. The van der Waals surface area contributed by atoms with Crippen molar-refractivity contribution in [1.82, 2.24) is 15.1 Å². The molecule has 90 valence electrons. The molecule has 1 N–H and O–H groups in total. The average Bonchev–Trinajstić information content (AvgIpc) is 2.25. The van der Waals surface area contributed by atoms with Crippen molar-refractivity contribution in [3.8, 4) is 0 Å². The van der Waals surface area contributed by atoms with E-state index in [9.17, 15) is 4.79 Å². The summed E-state index contributed by atoms with van der Waals surface area (Å²) in [5, 5.41) is 3.34. The summed E-state index contributed by atoms with van der Waals surface area (Å²) in [4.78, 5) is 16.1. The van der Waals surface area contributed by atoms with Crippen molar-refractivity contribution in [3.05, 3.63) is 0 Å². The molecule has 3 aliphatic heterocycles. The highest BCUT2D eigenvalue weighted by molar-refractivity contribution is 5.73. The van der Waals surface area contributed by atoms with Crippen LogP contribution in [0, 0.1) is 0 Å². The van der Waals surface area contributed by atoms with Crippen LogP contribution in [0.1, 0.15) is 6.92 Å². The molecule has 3 saturated heterocycles. The second kappa shape index (κ2) is 3.68. The molecule has 0 bridgehead atoms. The fourth-order valence-corrected chi connectivity index (χ4v) is 3.16. The molecule has 3 fully saturated rings. The van der Waals surface area contributed by atoms with Gasteiger partial charge in [-0.1, -0.05) is 0 Å². The van der Waals surface area contributed by atoms with E-state index in [-0.39, 0.29) is 11.4 Å². The summed E-state index contributed by atoms with van der Waals surface area (Å²) in [5.74, 6) is 0.191. The van der Waals surface area contributed by atoms with E-state index in [1.54, 1.807) is 6.92 Å². The molecule has 0 aromatic carbocycles. The number of carbonyl (C=O) groups is 1. The van der Waals surface area contributed by atoms with Gasteiger partial charge in [0.15, 0.2) is 0 Å². The Balaban J connectivity index is 1.82. The third kappa shape index (κ3) is 1.46. The van der Waals surface area contributed by atoms with Gasteiger partial charge in [-0.05, 0) is 0 Å². The molecular weight excluding hydrogens is 206 g/mol. The quantitative estimate of drug-likeness (QED) is 0.568. The maximum absolute atomic E-state index is 11.5. The number of nitrogens with one attached hydrogen (secondary N) is 1. The van der Waals surface area contributed by atoms with E-state index in [1.165, 1.54) is 0 Å². The predicted octanol–water partition coefficient (Wildman–Crippen LogP) is -1.11. The first-order valence-electron chi connectivity index (χ1n) is 6.02. The third-order valence-electron chi connectivity index (χ3n) is 4.11. The number of carbonyl (C=O) groups excluding carboxylic acids is 1. The molecule has 5 nitrogen and oxygen atoms in total. The number of hydrogen-bond acceptors (Lipinski definition) is 4. The number of fused-ring (bicyclic) bond motifs is 2. The first-order valence-corrected chi connectivity index (χ1v) is 6.02. The lowest BCUT2D eigenvalue weighted by molar-refractivity contribution is -0.154. The van der Waals surface area contributed by atoms with Crippen LogP contribution < -0.4 is 5.32 Å². The van der Waals surface area contributed by atoms with Crippen LogP contribution >= 0.6 is 0 Å². The van der Waals surface area contributed by atoms with Gasteiger partial charge in [-0.2, -0.15) is 0 Å². The molecule has 1 amide bonds. The van der Waals surface area contributed by atoms with Crippen LogP contribution in [0.4, 0.5) is 0 Å². The average molecular weight is 225 g/mol. The lowest BCUT2D eigenvalue weighted by Gasteiger charge is -2.60. The molecule has 3 aliphatic rings. The van der Waals surface area contributed by atoms with Crippen LogP contribution in [-0.4, -0.2) is 73.2 Å². The summed E-state index contributed by atoms with van der Waals surface area (Å²) in [6.07, 6.45) is 0. The zero-order valence-corrected chi connectivity index (χ0v) is 9.74. The Morgan fingerprint density at radius 1 is 1.50 bits per heavy atom. The highest BCUT2D eigenvalue weighted by Gasteiger charge is 2.51. The smallest absolute Gasteiger partial charge is 0.219 e. The van der Waals surface area contributed by atoms with Crippen molar-refractivity contribution in [2.45, 2.75) is 18.5 Å². The van der Waals surface area contributed by atoms with E-state index in [4.69, 9.17) is 4.74 Å². The first-order chi connectivity index (χ1) is 7.71. The van der Waals surface area contributed by atoms with Crippen LogP contribution in [0.25, 0.3) is 0 Å². The summed E-state index contributed by atoms with van der Waals surface area (Å²) < 4.78 is 5.53. The minimum atomic E-state index is 0.191. The fourth-order valence-electron chi connectivity index (χ4n) is 3.16. The molecule has 1 spiro atoms. The van der Waals surface area contributed by atoms with E-state index in [0.717, 1.165) is 45.9 Å². The Labute approximate surface area is 95.7 Å². The molecule has 0 radical (unpaired) electrons. The summed E-state index contributed by atoms with van der Waals surface area (Å²) in [6, 6.07) is 0.397. The number of piperazine rings is 1. The molecule has 3 rings (SSSR count). The van der Waals surface area contributed by atoms with Crippen LogP contribution in [0.5, 0.6) is 0 Å². The van der Waals surface area contributed by atoms with Gasteiger partial charge < -0.3 is 15.0 Å². The Morgan fingerprint density at radius 3 is 2.94 bits per heavy atom. The Hall–Kier alpha value is -0.650. The van der Waals surface area contributed by atoms with E-state index in [0.29, 0.717) is 6.04 Å². The molecule has 0 aromatic heterocycles. The maximum atomic E-state index is 11.5. The second-order valence-corrected chi connectivity index (χ2v) is 5.15. The zero-order chi connectivity index (χ0) is 11.2. The van der Waals surface area contributed by atoms with Gasteiger partial charge in [-0.25, -0.2) is 0 Å². The SMILES string of the molecule is CC(=O)N1CC2COCCN2C2(CNC2)C1. The largest absolute Gasteiger partial charge is 0.378 e. The molecule has 1 atom stereocenters. The minimum absolute atomic E-state index is 0.191. The maximum Gasteiger partial charge on any atom is 0.219 e. The van der Waals surface area contributed by atoms with E-state index in [1.807, 2.05) is 4.90 Å². The van der Waals surface area contributed by atoms with Crippen molar-refractivity contribution in [2.24, 2.45) is 0 Å². The Morgan fingerprint density at radius 2 is 2.31 bits per heavy atom.